The quantitative estimate of drug-likeness (QED) is 0.483. The second kappa shape index (κ2) is 9.06. The van der Waals surface area contributed by atoms with Crippen LogP contribution in [0.1, 0.15) is 33.8 Å². The molecule has 4 nitrogen and oxygen atoms in total. The summed E-state index contributed by atoms with van der Waals surface area (Å²) in [5.41, 5.74) is 4.52. The van der Waals surface area contributed by atoms with Crippen molar-refractivity contribution in [2.75, 3.05) is 16.0 Å². The summed E-state index contributed by atoms with van der Waals surface area (Å²) in [6, 6.07) is 23.1. The Kier molecular flexibility index (Phi) is 6.25. The van der Waals surface area contributed by atoms with E-state index in [0.717, 1.165) is 27.8 Å². The minimum atomic E-state index is -0.154. The van der Waals surface area contributed by atoms with Gasteiger partial charge in [0.15, 0.2) is 0 Å². The van der Waals surface area contributed by atoms with Crippen LogP contribution in [0.15, 0.2) is 77.3 Å². The van der Waals surface area contributed by atoms with E-state index in [1.165, 1.54) is 5.56 Å². The standard InChI is InChI=1S/C24H21BrN2O2S/c1-2-16-3-13-21(14-4-16)27-22(28)15-30-24(27)18-7-11-20(12-8-18)26-23(29)17-5-9-19(25)10-6-17/h3-14,24H,2,15H2,1H3,(H,26,29)/t24-/m1/s1. The Morgan fingerprint density at radius 1 is 1.03 bits per heavy atom. The molecule has 1 saturated heterocycles. The molecule has 2 amide bonds. The van der Waals surface area contributed by atoms with Crippen LogP contribution in [0.25, 0.3) is 0 Å². The number of halogens is 1. The van der Waals surface area contributed by atoms with Crippen molar-refractivity contribution >= 4 is 50.9 Å². The van der Waals surface area contributed by atoms with Crippen LogP contribution < -0.4 is 10.2 Å². The summed E-state index contributed by atoms with van der Waals surface area (Å²) in [5.74, 6) is 0.419. The van der Waals surface area contributed by atoms with Gasteiger partial charge in [0.05, 0.1) is 5.75 Å². The molecule has 4 rings (SSSR count). The summed E-state index contributed by atoms with van der Waals surface area (Å²) in [7, 11) is 0. The molecule has 0 aromatic heterocycles. The van der Waals surface area contributed by atoms with Crippen molar-refractivity contribution in [3.8, 4) is 0 Å². The number of hydrogen-bond acceptors (Lipinski definition) is 3. The number of anilines is 2. The van der Waals surface area contributed by atoms with Gasteiger partial charge in [-0.15, -0.1) is 11.8 Å². The van der Waals surface area contributed by atoms with Gasteiger partial charge in [-0.3, -0.25) is 14.5 Å². The Morgan fingerprint density at radius 2 is 1.70 bits per heavy atom. The first-order valence-electron chi connectivity index (χ1n) is 9.74. The molecule has 1 heterocycles. The molecule has 1 aliphatic heterocycles. The summed E-state index contributed by atoms with van der Waals surface area (Å²) in [6.07, 6.45) is 0.972. The van der Waals surface area contributed by atoms with Gasteiger partial charge in [0.25, 0.3) is 5.91 Å². The van der Waals surface area contributed by atoms with Crippen LogP contribution in [0.4, 0.5) is 11.4 Å². The SMILES string of the molecule is CCc1ccc(N2C(=O)CS[C@@H]2c2ccc(NC(=O)c3ccc(Br)cc3)cc2)cc1. The van der Waals surface area contributed by atoms with Crippen molar-refractivity contribution in [1.82, 2.24) is 0 Å². The van der Waals surface area contributed by atoms with E-state index in [9.17, 15) is 9.59 Å². The van der Waals surface area contributed by atoms with Crippen LogP contribution in [0.5, 0.6) is 0 Å². The predicted octanol–water partition coefficient (Wildman–Crippen LogP) is 6.04. The molecular weight excluding hydrogens is 460 g/mol. The van der Waals surface area contributed by atoms with Crippen LogP contribution in [-0.4, -0.2) is 17.6 Å². The smallest absolute Gasteiger partial charge is 0.255 e. The highest BCUT2D eigenvalue weighted by molar-refractivity contribution is 9.10. The van der Waals surface area contributed by atoms with Crippen molar-refractivity contribution in [1.29, 1.82) is 0 Å². The monoisotopic (exact) mass is 480 g/mol. The summed E-state index contributed by atoms with van der Waals surface area (Å²) >= 11 is 4.99. The number of thioether (sulfide) groups is 1. The lowest BCUT2D eigenvalue weighted by Crippen LogP contribution is -2.27. The number of nitrogens with zero attached hydrogens (tertiary/aromatic N) is 1. The highest BCUT2D eigenvalue weighted by Gasteiger charge is 2.33. The summed E-state index contributed by atoms with van der Waals surface area (Å²) in [5, 5.41) is 2.85. The molecule has 1 atom stereocenters. The number of carbonyl (C=O) groups is 2. The molecule has 3 aromatic rings. The molecule has 152 valence electrons. The second-order valence-electron chi connectivity index (χ2n) is 7.03. The third-order valence-corrected chi connectivity index (χ3v) is 6.79. The van der Waals surface area contributed by atoms with Crippen LogP contribution in [0.3, 0.4) is 0 Å². The van der Waals surface area contributed by atoms with Gasteiger partial charge in [-0.05, 0) is 66.1 Å². The summed E-state index contributed by atoms with van der Waals surface area (Å²) in [4.78, 5) is 26.8. The maximum Gasteiger partial charge on any atom is 0.255 e. The largest absolute Gasteiger partial charge is 0.322 e. The summed E-state index contributed by atoms with van der Waals surface area (Å²) in [6.45, 7) is 2.12. The van der Waals surface area contributed by atoms with Crippen LogP contribution in [0, 0.1) is 0 Å². The Labute approximate surface area is 188 Å². The van der Waals surface area contributed by atoms with Gasteiger partial charge < -0.3 is 5.32 Å². The van der Waals surface area contributed by atoms with E-state index in [1.807, 2.05) is 53.4 Å². The normalized spacial score (nSPS) is 16.0. The summed E-state index contributed by atoms with van der Waals surface area (Å²) < 4.78 is 0.931. The molecule has 1 N–H and O–H groups in total. The van der Waals surface area contributed by atoms with E-state index in [4.69, 9.17) is 0 Å². The first kappa shape index (κ1) is 20.7. The fraction of sp³-hybridized carbons (Fsp3) is 0.167. The first-order valence-corrected chi connectivity index (χ1v) is 11.6. The van der Waals surface area contributed by atoms with Crippen LogP contribution >= 0.6 is 27.7 Å². The van der Waals surface area contributed by atoms with Gasteiger partial charge in [-0.2, -0.15) is 0 Å². The zero-order chi connectivity index (χ0) is 21.1. The van der Waals surface area contributed by atoms with E-state index in [2.05, 4.69) is 40.3 Å². The van der Waals surface area contributed by atoms with Crippen molar-refractivity contribution in [3.63, 3.8) is 0 Å². The molecule has 3 aromatic carbocycles. The van der Waals surface area contributed by atoms with Gasteiger partial charge in [0, 0.05) is 21.4 Å². The Balaban J connectivity index is 1.50. The molecule has 0 saturated carbocycles. The first-order chi connectivity index (χ1) is 14.5. The number of amides is 2. The van der Waals surface area contributed by atoms with E-state index < -0.39 is 0 Å². The lowest BCUT2D eigenvalue weighted by molar-refractivity contribution is -0.115. The lowest BCUT2D eigenvalue weighted by Gasteiger charge is -2.24. The third kappa shape index (κ3) is 4.45. The van der Waals surface area contributed by atoms with Crippen LogP contribution in [0.2, 0.25) is 0 Å². The molecule has 30 heavy (non-hydrogen) atoms. The van der Waals surface area contributed by atoms with E-state index >= 15 is 0 Å². The highest BCUT2D eigenvalue weighted by Crippen LogP contribution is 2.42. The van der Waals surface area contributed by atoms with Crippen molar-refractivity contribution in [2.24, 2.45) is 0 Å². The topological polar surface area (TPSA) is 49.4 Å². The maximum absolute atomic E-state index is 12.6. The fourth-order valence-corrected chi connectivity index (χ4v) is 4.82. The zero-order valence-corrected chi connectivity index (χ0v) is 18.9. The number of hydrogen-bond donors (Lipinski definition) is 1. The molecule has 6 heteroatoms. The Morgan fingerprint density at radius 3 is 2.33 bits per heavy atom. The Bertz CT molecular complexity index is 1050. The van der Waals surface area contributed by atoms with E-state index in [-0.39, 0.29) is 17.2 Å². The van der Waals surface area contributed by atoms with Gasteiger partial charge in [-0.25, -0.2) is 0 Å². The predicted molar refractivity (Wildman–Crippen MR) is 127 cm³/mol. The van der Waals surface area contributed by atoms with E-state index in [0.29, 0.717) is 11.3 Å². The molecule has 0 radical (unpaired) electrons. The Hall–Kier alpha value is -2.57. The fourth-order valence-electron chi connectivity index (χ4n) is 3.38. The maximum atomic E-state index is 12.6. The number of nitrogens with one attached hydrogen (secondary N) is 1. The number of aryl methyl sites for hydroxylation is 1. The second-order valence-corrected chi connectivity index (χ2v) is 9.01. The number of carbonyl (C=O) groups excluding carboxylic acids is 2. The minimum Gasteiger partial charge on any atom is -0.322 e. The minimum absolute atomic E-state index is 0.0683. The molecule has 0 spiro atoms. The van der Waals surface area contributed by atoms with Crippen molar-refractivity contribution in [3.05, 3.63) is 94.0 Å². The van der Waals surface area contributed by atoms with Gasteiger partial charge in [0.1, 0.15) is 5.37 Å². The molecule has 0 bridgehead atoms. The zero-order valence-electron chi connectivity index (χ0n) is 16.5. The van der Waals surface area contributed by atoms with Gasteiger partial charge in [0.2, 0.25) is 5.91 Å². The third-order valence-electron chi connectivity index (χ3n) is 5.05. The molecule has 0 aliphatic carbocycles. The highest BCUT2D eigenvalue weighted by atomic mass is 79.9. The molecule has 0 unspecified atom stereocenters. The lowest BCUT2D eigenvalue weighted by atomic mass is 10.1. The van der Waals surface area contributed by atoms with Crippen LogP contribution in [-0.2, 0) is 11.2 Å². The van der Waals surface area contributed by atoms with Crippen molar-refractivity contribution in [2.45, 2.75) is 18.7 Å². The molecular formula is C24H21BrN2O2S. The average molecular weight is 481 g/mol. The van der Waals surface area contributed by atoms with Gasteiger partial charge in [-0.1, -0.05) is 47.1 Å². The van der Waals surface area contributed by atoms with E-state index in [1.54, 1.807) is 23.9 Å². The molecule has 1 aliphatic rings. The average Bonchev–Trinajstić information content (AvgIpc) is 3.16. The van der Waals surface area contributed by atoms with Gasteiger partial charge >= 0.3 is 0 Å². The molecule has 1 fully saturated rings. The van der Waals surface area contributed by atoms with Crippen molar-refractivity contribution < 1.29 is 9.59 Å². The number of rotatable bonds is 5. The number of benzene rings is 3.